The highest BCUT2D eigenvalue weighted by Gasteiger charge is 2.32. The minimum absolute atomic E-state index is 0.132. The van der Waals surface area contributed by atoms with Crippen molar-refractivity contribution < 1.29 is 13.2 Å². The number of rotatable bonds is 1. The van der Waals surface area contributed by atoms with Gasteiger partial charge in [0, 0.05) is 5.75 Å². The second-order valence-corrected chi connectivity index (χ2v) is 5.97. The summed E-state index contributed by atoms with van der Waals surface area (Å²) in [5.41, 5.74) is -0.513. The summed E-state index contributed by atoms with van der Waals surface area (Å²) in [6, 6.07) is 2.32. The molecule has 1 N–H and O–H groups in total. The van der Waals surface area contributed by atoms with Crippen molar-refractivity contribution in [2.75, 3.05) is 11.1 Å². The van der Waals surface area contributed by atoms with Crippen LogP contribution in [0.1, 0.15) is 26.0 Å². The SMILES string of the molecule is CC1(C)CCSC(Nc2ccc(C(F)(F)F)nc2)=N1. The Morgan fingerprint density at radius 2 is 2.05 bits per heavy atom. The van der Waals surface area contributed by atoms with Crippen LogP contribution in [0.2, 0.25) is 0 Å². The Morgan fingerprint density at radius 1 is 1.32 bits per heavy atom. The van der Waals surface area contributed by atoms with Gasteiger partial charge in [-0.25, -0.2) is 4.98 Å². The molecular formula is C12H14F3N3S. The van der Waals surface area contributed by atoms with Gasteiger partial charge >= 0.3 is 6.18 Å². The highest BCUT2D eigenvalue weighted by molar-refractivity contribution is 8.14. The average Bonchev–Trinajstić information content (AvgIpc) is 2.27. The van der Waals surface area contributed by atoms with E-state index in [1.165, 1.54) is 12.3 Å². The molecule has 0 fully saturated rings. The summed E-state index contributed by atoms with van der Waals surface area (Å²) in [4.78, 5) is 7.90. The summed E-state index contributed by atoms with van der Waals surface area (Å²) in [6.07, 6.45) is -2.25. The van der Waals surface area contributed by atoms with Gasteiger partial charge in [0.2, 0.25) is 0 Å². The standard InChI is InChI=1S/C12H14F3N3S/c1-11(2)5-6-19-10(18-11)17-8-3-4-9(16-7-8)12(13,14)15/h3-4,7H,5-6H2,1-2H3,(H,17,18). The number of anilines is 1. The average molecular weight is 289 g/mol. The number of aliphatic imine (C=N–C) groups is 1. The van der Waals surface area contributed by atoms with E-state index in [1.807, 2.05) is 13.8 Å². The predicted molar refractivity (Wildman–Crippen MR) is 71.5 cm³/mol. The Morgan fingerprint density at radius 3 is 2.58 bits per heavy atom. The molecule has 2 rings (SSSR count). The lowest BCUT2D eigenvalue weighted by Crippen LogP contribution is -2.27. The first-order chi connectivity index (χ1) is 8.76. The van der Waals surface area contributed by atoms with Crippen molar-refractivity contribution >= 4 is 22.6 Å². The zero-order valence-electron chi connectivity index (χ0n) is 10.6. The van der Waals surface area contributed by atoms with Crippen LogP contribution >= 0.6 is 11.8 Å². The number of aromatic nitrogens is 1. The van der Waals surface area contributed by atoms with Gasteiger partial charge in [0.1, 0.15) is 5.69 Å². The number of thioether (sulfide) groups is 1. The molecule has 7 heteroatoms. The molecule has 0 aliphatic carbocycles. The largest absolute Gasteiger partial charge is 0.433 e. The van der Waals surface area contributed by atoms with Gasteiger partial charge in [-0.05, 0) is 32.4 Å². The molecule has 0 atom stereocenters. The van der Waals surface area contributed by atoms with Crippen LogP contribution in [0.15, 0.2) is 23.3 Å². The number of hydrogen-bond donors (Lipinski definition) is 1. The fraction of sp³-hybridized carbons (Fsp3) is 0.500. The van der Waals surface area contributed by atoms with Crippen LogP contribution in [-0.4, -0.2) is 21.4 Å². The third-order valence-electron chi connectivity index (χ3n) is 2.66. The maximum atomic E-state index is 12.4. The van der Waals surface area contributed by atoms with E-state index in [4.69, 9.17) is 0 Å². The molecule has 19 heavy (non-hydrogen) atoms. The Kier molecular flexibility index (Phi) is 3.75. The molecule has 0 bridgehead atoms. The summed E-state index contributed by atoms with van der Waals surface area (Å²) >= 11 is 1.56. The van der Waals surface area contributed by atoms with E-state index in [-0.39, 0.29) is 5.54 Å². The summed E-state index contributed by atoms with van der Waals surface area (Å²) in [6.45, 7) is 4.05. The smallest absolute Gasteiger partial charge is 0.334 e. The van der Waals surface area contributed by atoms with Gasteiger partial charge in [-0.2, -0.15) is 13.2 Å². The third kappa shape index (κ3) is 3.86. The van der Waals surface area contributed by atoms with Crippen LogP contribution < -0.4 is 5.32 Å². The van der Waals surface area contributed by atoms with Crippen LogP contribution in [0.4, 0.5) is 18.9 Å². The molecule has 0 spiro atoms. The molecule has 1 aliphatic heterocycles. The Bertz CT molecular complexity index is 480. The Balaban J connectivity index is 2.10. The number of pyridine rings is 1. The third-order valence-corrected chi connectivity index (χ3v) is 3.54. The first kappa shape index (κ1) is 14.2. The van der Waals surface area contributed by atoms with Crippen LogP contribution in [0.5, 0.6) is 0 Å². The summed E-state index contributed by atoms with van der Waals surface area (Å²) in [7, 11) is 0. The van der Waals surface area contributed by atoms with Crippen LogP contribution in [-0.2, 0) is 6.18 Å². The van der Waals surface area contributed by atoms with Crippen molar-refractivity contribution in [3.05, 3.63) is 24.0 Å². The minimum atomic E-state index is -4.41. The van der Waals surface area contributed by atoms with Gasteiger partial charge in [0.05, 0.1) is 17.4 Å². The number of halogens is 3. The number of amidine groups is 1. The Hall–Kier alpha value is -1.24. The van der Waals surface area contributed by atoms with Crippen LogP contribution in [0.3, 0.4) is 0 Å². The zero-order chi connectivity index (χ0) is 14.1. The van der Waals surface area contributed by atoms with E-state index in [1.54, 1.807) is 11.8 Å². The van der Waals surface area contributed by atoms with E-state index >= 15 is 0 Å². The molecule has 104 valence electrons. The fourth-order valence-corrected chi connectivity index (χ4v) is 2.88. The molecule has 0 amide bonds. The summed E-state index contributed by atoms with van der Waals surface area (Å²) in [5.74, 6) is 0.937. The highest BCUT2D eigenvalue weighted by Crippen LogP contribution is 2.29. The van der Waals surface area contributed by atoms with Crippen molar-refractivity contribution in [3.63, 3.8) is 0 Å². The molecular weight excluding hydrogens is 275 g/mol. The second-order valence-electron chi connectivity index (χ2n) is 4.88. The van der Waals surface area contributed by atoms with Gasteiger partial charge in [0.15, 0.2) is 5.17 Å². The van der Waals surface area contributed by atoms with Gasteiger partial charge in [-0.1, -0.05) is 11.8 Å². The van der Waals surface area contributed by atoms with E-state index in [2.05, 4.69) is 15.3 Å². The Labute approximate surface area is 113 Å². The number of hydrogen-bond acceptors (Lipinski definition) is 4. The molecule has 0 radical (unpaired) electrons. The van der Waals surface area contributed by atoms with E-state index in [0.717, 1.165) is 23.4 Å². The molecule has 0 saturated carbocycles. The molecule has 1 aromatic rings. The number of nitrogens with one attached hydrogen (secondary N) is 1. The predicted octanol–water partition coefficient (Wildman–Crippen LogP) is 3.78. The quantitative estimate of drug-likeness (QED) is 0.854. The molecule has 0 saturated heterocycles. The van der Waals surface area contributed by atoms with Gasteiger partial charge < -0.3 is 5.32 Å². The second kappa shape index (κ2) is 5.03. The zero-order valence-corrected chi connectivity index (χ0v) is 11.4. The molecule has 1 aromatic heterocycles. The van der Waals surface area contributed by atoms with E-state index in [0.29, 0.717) is 5.69 Å². The molecule has 2 heterocycles. The van der Waals surface area contributed by atoms with Crippen molar-refractivity contribution in [1.29, 1.82) is 0 Å². The molecule has 0 unspecified atom stereocenters. The maximum Gasteiger partial charge on any atom is 0.433 e. The van der Waals surface area contributed by atoms with Gasteiger partial charge in [0.25, 0.3) is 0 Å². The van der Waals surface area contributed by atoms with Crippen molar-refractivity contribution in [1.82, 2.24) is 4.98 Å². The van der Waals surface area contributed by atoms with Crippen LogP contribution in [0.25, 0.3) is 0 Å². The topological polar surface area (TPSA) is 37.3 Å². The summed E-state index contributed by atoms with van der Waals surface area (Å²) in [5, 5.41) is 3.72. The van der Waals surface area contributed by atoms with Crippen molar-refractivity contribution in [3.8, 4) is 0 Å². The summed E-state index contributed by atoms with van der Waals surface area (Å²) < 4.78 is 37.1. The molecule has 3 nitrogen and oxygen atoms in total. The first-order valence-corrected chi connectivity index (χ1v) is 6.78. The number of alkyl halides is 3. The van der Waals surface area contributed by atoms with E-state index in [9.17, 15) is 13.2 Å². The number of nitrogens with zero attached hydrogens (tertiary/aromatic N) is 2. The lowest BCUT2D eigenvalue weighted by Gasteiger charge is -2.26. The first-order valence-electron chi connectivity index (χ1n) is 5.79. The van der Waals surface area contributed by atoms with Crippen molar-refractivity contribution in [2.45, 2.75) is 32.0 Å². The van der Waals surface area contributed by atoms with E-state index < -0.39 is 11.9 Å². The highest BCUT2D eigenvalue weighted by atomic mass is 32.2. The normalized spacial score (nSPS) is 18.9. The molecule has 0 aromatic carbocycles. The van der Waals surface area contributed by atoms with Gasteiger partial charge in [-0.15, -0.1) is 0 Å². The minimum Gasteiger partial charge on any atom is -0.334 e. The lowest BCUT2D eigenvalue weighted by molar-refractivity contribution is -0.141. The van der Waals surface area contributed by atoms with Crippen molar-refractivity contribution in [2.24, 2.45) is 4.99 Å². The monoisotopic (exact) mass is 289 g/mol. The molecule has 1 aliphatic rings. The van der Waals surface area contributed by atoms with Gasteiger partial charge in [-0.3, -0.25) is 4.99 Å². The van der Waals surface area contributed by atoms with Crippen LogP contribution in [0, 0.1) is 0 Å². The maximum absolute atomic E-state index is 12.4. The fourth-order valence-electron chi connectivity index (χ4n) is 1.58. The lowest BCUT2D eigenvalue weighted by atomic mass is 10.0.